The fourth-order valence-electron chi connectivity index (χ4n) is 0.835. The first-order valence-corrected chi connectivity index (χ1v) is 2.76. The fraction of sp³-hybridized carbons (Fsp3) is 0.500. The zero-order valence-corrected chi connectivity index (χ0v) is 4.87. The highest BCUT2D eigenvalue weighted by Gasteiger charge is 2.20. The van der Waals surface area contributed by atoms with Crippen molar-refractivity contribution in [1.82, 2.24) is 0 Å². The van der Waals surface area contributed by atoms with Crippen LogP contribution in [0, 0.1) is 0 Å². The van der Waals surface area contributed by atoms with E-state index < -0.39 is 6.10 Å². The van der Waals surface area contributed by atoms with E-state index in [1.54, 1.807) is 0 Å². The van der Waals surface area contributed by atoms with E-state index >= 15 is 0 Å². The highest BCUT2D eigenvalue weighted by Crippen LogP contribution is 2.14. The van der Waals surface area contributed by atoms with Gasteiger partial charge in [0.1, 0.15) is 0 Å². The standard InChI is InChI=1S/C6H8O3/c7-3-4-1-5(8)2-6(4)9/h1,6-7,9H,2-3H2. The molecule has 1 rings (SSSR count). The monoisotopic (exact) mass is 128 g/mol. The van der Waals surface area contributed by atoms with Gasteiger partial charge in [-0.15, -0.1) is 0 Å². The molecule has 50 valence electrons. The van der Waals surface area contributed by atoms with Gasteiger partial charge in [-0.1, -0.05) is 0 Å². The second-order valence-electron chi connectivity index (χ2n) is 2.06. The number of aliphatic hydroxyl groups is 2. The molecule has 0 spiro atoms. The molecule has 9 heavy (non-hydrogen) atoms. The summed E-state index contributed by atoms with van der Waals surface area (Å²) in [5, 5.41) is 17.4. The van der Waals surface area contributed by atoms with Gasteiger partial charge in [-0.05, 0) is 11.6 Å². The van der Waals surface area contributed by atoms with Gasteiger partial charge in [0.15, 0.2) is 5.78 Å². The van der Waals surface area contributed by atoms with Gasteiger partial charge in [0.05, 0.1) is 12.7 Å². The van der Waals surface area contributed by atoms with Gasteiger partial charge in [-0.2, -0.15) is 0 Å². The zero-order valence-electron chi connectivity index (χ0n) is 4.87. The average molecular weight is 128 g/mol. The Bertz CT molecular complexity index is 160. The summed E-state index contributed by atoms with van der Waals surface area (Å²) in [7, 11) is 0. The van der Waals surface area contributed by atoms with Crippen molar-refractivity contribution in [1.29, 1.82) is 0 Å². The number of ketones is 1. The maximum Gasteiger partial charge on any atom is 0.158 e. The number of allylic oxidation sites excluding steroid dienone is 1. The molecule has 1 aliphatic rings. The third-order valence-electron chi connectivity index (χ3n) is 1.35. The van der Waals surface area contributed by atoms with E-state index in [2.05, 4.69) is 0 Å². The number of carbonyl (C=O) groups is 1. The summed E-state index contributed by atoms with van der Waals surface area (Å²) in [6.07, 6.45) is 0.697. The fourth-order valence-corrected chi connectivity index (χ4v) is 0.835. The van der Waals surface area contributed by atoms with E-state index in [-0.39, 0.29) is 18.8 Å². The van der Waals surface area contributed by atoms with Crippen molar-refractivity contribution in [3.8, 4) is 0 Å². The normalized spacial score (nSPS) is 26.7. The van der Waals surface area contributed by atoms with Gasteiger partial charge in [-0.25, -0.2) is 0 Å². The Hall–Kier alpha value is -0.670. The van der Waals surface area contributed by atoms with E-state index in [9.17, 15) is 4.79 Å². The van der Waals surface area contributed by atoms with Gasteiger partial charge < -0.3 is 10.2 Å². The Balaban J connectivity index is 2.68. The maximum absolute atomic E-state index is 10.5. The summed E-state index contributed by atoms with van der Waals surface area (Å²) in [5.74, 6) is -0.105. The van der Waals surface area contributed by atoms with Gasteiger partial charge >= 0.3 is 0 Å². The molecule has 1 aliphatic carbocycles. The molecule has 0 fully saturated rings. The Morgan fingerprint density at radius 2 is 2.44 bits per heavy atom. The predicted molar refractivity (Wildman–Crippen MR) is 30.8 cm³/mol. The van der Waals surface area contributed by atoms with Crippen LogP contribution in [-0.2, 0) is 4.79 Å². The average Bonchev–Trinajstić information content (AvgIpc) is 2.10. The Labute approximate surface area is 52.6 Å². The number of aliphatic hydroxyl groups excluding tert-OH is 2. The van der Waals surface area contributed by atoms with Crippen molar-refractivity contribution in [2.75, 3.05) is 6.61 Å². The second kappa shape index (κ2) is 2.29. The van der Waals surface area contributed by atoms with Crippen LogP contribution in [0.3, 0.4) is 0 Å². The number of rotatable bonds is 1. The quantitative estimate of drug-likeness (QED) is 0.488. The SMILES string of the molecule is O=C1C=C(CO)C(O)C1. The maximum atomic E-state index is 10.5. The molecule has 0 aromatic rings. The molecule has 3 heteroatoms. The Morgan fingerprint density at radius 3 is 2.67 bits per heavy atom. The van der Waals surface area contributed by atoms with E-state index in [0.717, 1.165) is 0 Å². The van der Waals surface area contributed by atoms with Crippen LogP contribution in [0.2, 0.25) is 0 Å². The number of hydrogen-bond donors (Lipinski definition) is 2. The third-order valence-corrected chi connectivity index (χ3v) is 1.35. The second-order valence-corrected chi connectivity index (χ2v) is 2.06. The lowest BCUT2D eigenvalue weighted by atomic mass is 10.2. The number of carbonyl (C=O) groups excluding carboxylic acids is 1. The van der Waals surface area contributed by atoms with Gasteiger partial charge in [0.2, 0.25) is 0 Å². The lowest BCUT2D eigenvalue weighted by molar-refractivity contribution is -0.114. The van der Waals surface area contributed by atoms with E-state index in [1.807, 2.05) is 0 Å². The number of hydrogen-bond acceptors (Lipinski definition) is 3. The molecule has 3 nitrogen and oxygen atoms in total. The summed E-state index contributed by atoms with van der Waals surface area (Å²) < 4.78 is 0. The molecule has 0 amide bonds. The van der Waals surface area contributed by atoms with Crippen LogP contribution in [0.25, 0.3) is 0 Å². The van der Waals surface area contributed by atoms with Crippen molar-refractivity contribution >= 4 is 5.78 Å². The van der Waals surface area contributed by atoms with Gasteiger partial charge in [0.25, 0.3) is 0 Å². The zero-order chi connectivity index (χ0) is 6.85. The van der Waals surface area contributed by atoms with Crippen LogP contribution in [0.1, 0.15) is 6.42 Å². The topological polar surface area (TPSA) is 57.5 Å². The van der Waals surface area contributed by atoms with Crippen LogP contribution in [0.4, 0.5) is 0 Å². The highest BCUT2D eigenvalue weighted by atomic mass is 16.3. The molecule has 0 aliphatic heterocycles. The predicted octanol–water partition coefficient (Wildman–Crippen LogP) is -0.761. The van der Waals surface area contributed by atoms with Crippen molar-refractivity contribution in [2.24, 2.45) is 0 Å². The van der Waals surface area contributed by atoms with Gasteiger partial charge in [-0.3, -0.25) is 4.79 Å². The minimum absolute atomic E-state index is 0.105. The molecule has 0 heterocycles. The van der Waals surface area contributed by atoms with Crippen LogP contribution in [0.15, 0.2) is 11.6 Å². The molecule has 0 aromatic carbocycles. The first-order chi connectivity index (χ1) is 4.24. The van der Waals surface area contributed by atoms with Gasteiger partial charge in [0, 0.05) is 6.42 Å². The van der Waals surface area contributed by atoms with Crippen LogP contribution in [-0.4, -0.2) is 28.7 Å². The van der Waals surface area contributed by atoms with E-state index in [1.165, 1.54) is 6.08 Å². The highest BCUT2D eigenvalue weighted by molar-refractivity contribution is 5.93. The minimum atomic E-state index is -0.734. The van der Waals surface area contributed by atoms with E-state index in [0.29, 0.717) is 5.57 Å². The van der Waals surface area contributed by atoms with Crippen molar-refractivity contribution in [3.63, 3.8) is 0 Å². The summed E-state index contributed by atoms with van der Waals surface area (Å²) in [5.41, 5.74) is 0.431. The smallest absolute Gasteiger partial charge is 0.158 e. The molecule has 0 aromatic heterocycles. The summed E-state index contributed by atoms with van der Waals surface area (Å²) in [6.45, 7) is -0.215. The molecule has 1 unspecified atom stereocenters. The molecule has 0 radical (unpaired) electrons. The van der Waals surface area contributed by atoms with Crippen LogP contribution < -0.4 is 0 Å². The van der Waals surface area contributed by atoms with Crippen LogP contribution >= 0.6 is 0 Å². The molecular weight excluding hydrogens is 120 g/mol. The van der Waals surface area contributed by atoms with E-state index in [4.69, 9.17) is 10.2 Å². The first-order valence-electron chi connectivity index (χ1n) is 2.76. The molecule has 0 saturated heterocycles. The van der Waals surface area contributed by atoms with Crippen molar-refractivity contribution < 1.29 is 15.0 Å². The minimum Gasteiger partial charge on any atom is -0.392 e. The Kier molecular flexibility index (Phi) is 1.64. The molecule has 2 N–H and O–H groups in total. The van der Waals surface area contributed by atoms with Crippen LogP contribution in [0.5, 0.6) is 0 Å². The molecule has 0 saturated carbocycles. The third kappa shape index (κ3) is 1.17. The molecular formula is C6H8O3. The lowest BCUT2D eigenvalue weighted by Gasteiger charge is -2.00. The lowest BCUT2D eigenvalue weighted by Crippen LogP contribution is -2.08. The van der Waals surface area contributed by atoms with Crippen molar-refractivity contribution in [3.05, 3.63) is 11.6 Å². The first kappa shape index (κ1) is 6.45. The largest absolute Gasteiger partial charge is 0.392 e. The van der Waals surface area contributed by atoms with Crippen molar-refractivity contribution in [2.45, 2.75) is 12.5 Å². The summed E-state index contributed by atoms with van der Waals surface area (Å²) in [6, 6.07) is 0. The molecule has 1 atom stereocenters. The molecule has 0 bridgehead atoms. The Morgan fingerprint density at radius 1 is 1.78 bits per heavy atom. The summed E-state index contributed by atoms with van der Waals surface area (Å²) in [4.78, 5) is 10.5. The summed E-state index contributed by atoms with van der Waals surface area (Å²) >= 11 is 0.